The van der Waals surface area contributed by atoms with E-state index < -0.39 is 0 Å². The molecule has 0 radical (unpaired) electrons. The van der Waals surface area contributed by atoms with Crippen LogP contribution >= 0.6 is 0 Å². The Bertz CT molecular complexity index is 957. The summed E-state index contributed by atoms with van der Waals surface area (Å²) in [5, 5.41) is 11.0. The molecule has 0 aliphatic heterocycles. The Morgan fingerprint density at radius 1 is 1.21 bits per heavy atom. The molecule has 0 aliphatic rings. The largest absolute Gasteiger partial charge is 0.493 e. The van der Waals surface area contributed by atoms with Crippen molar-refractivity contribution in [3.8, 4) is 11.5 Å². The summed E-state index contributed by atoms with van der Waals surface area (Å²) >= 11 is 0. The van der Waals surface area contributed by atoms with E-state index >= 15 is 0 Å². The van der Waals surface area contributed by atoms with Crippen LogP contribution in [0.3, 0.4) is 0 Å². The number of carbonyl (C=O) groups is 1. The number of nitrogens with zero attached hydrogens (tertiary/aromatic N) is 3. The standard InChI is InChI=1S/C20H24N4O4/c1-12-6-7-18(19(8-12)26-5)27-11-15-9-17(23-28-15)20(25)24(4)10-16-13(2)21-22-14(16)3/h6-9H,10-11H2,1-5H3,(H,21,22). The van der Waals surface area contributed by atoms with Gasteiger partial charge in [-0.25, -0.2) is 0 Å². The molecule has 1 aromatic carbocycles. The lowest BCUT2D eigenvalue weighted by atomic mass is 10.2. The maximum absolute atomic E-state index is 12.6. The first-order chi connectivity index (χ1) is 13.4. The molecule has 0 spiro atoms. The lowest BCUT2D eigenvalue weighted by Gasteiger charge is -2.15. The zero-order valence-corrected chi connectivity index (χ0v) is 16.7. The molecule has 2 heterocycles. The van der Waals surface area contributed by atoms with Crippen LogP contribution in [0.2, 0.25) is 0 Å². The fourth-order valence-electron chi connectivity index (χ4n) is 2.84. The highest BCUT2D eigenvalue weighted by Crippen LogP contribution is 2.28. The molecule has 0 saturated heterocycles. The maximum atomic E-state index is 12.6. The van der Waals surface area contributed by atoms with E-state index in [-0.39, 0.29) is 18.2 Å². The van der Waals surface area contributed by atoms with Gasteiger partial charge in [0.05, 0.1) is 12.8 Å². The van der Waals surface area contributed by atoms with Gasteiger partial charge >= 0.3 is 0 Å². The molecule has 8 heteroatoms. The van der Waals surface area contributed by atoms with Crippen molar-refractivity contribution in [2.45, 2.75) is 33.9 Å². The first-order valence-electron chi connectivity index (χ1n) is 8.88. The molecule has 0 aliphatic carbocycles. The highest BCUT2D eigenvalue weighted by molar-refractivity contribution is 5.92. The molecule has 0 unspecified atom stereocenters. The quantitative estimate of drug-likeness (QED) is 0.672. The number of aromatic nitrogens is 3. The lowest BCUT2D eigenvalue weighted by molar-refractivity contribution is 0.0774. The van der Waals surface area contributed by atoms with Gasteiger partial charge in [0.2, 0.25) is 0 Å². The van der Waals surface area contributed by atoms with E-state index in [4.69, 9.17) is 14.0 Å². The average Bonchev–Trinajstić information content (AvgIpc) is 3.28. The molecule has 1 N–H and O–H groups in total. The van der Waals surface area contributed by atoms with Gasteiger partial charge in [0.25, 0.3) is 5.91 Å². The smallest absolute Gasteiger partial charge is 0.276 e. The van der Waals surface area contributed by atoms with E-state index in [2.05, 4.69) is 15.4 Å². The molecule has 0 saturated carbocycles. The topological polar surface area (TPSA) is 93.5 Å². The normalized spacial score (nSPS) is 10.8. The van der Waals surface area contributed by atoms with Crippen molar-refractivity contribution in [2.75, 3.05) is 14.2 Å². The summed E-state index contributed by atoms with van der Waals surface area (Å²) in [4.78, 5) is 14.2. The number of ether oxygens (including phenoxy) is 2. The van der Waals surface area contributed by atoms with Gasteiger partial charge in [0.15, 0.2) is 23.0 Å². The average molecular weight is 384 g/mol. The third-order valence-corrected chi connectivity index (χ3v) is 4.49. The molecule has 3 aromatic rings. The van der Waals surface area contributed by atoms with E-state index in [0.29, 0.717) is 23.8 Å². The van der Waals surface area contributed by atoms with Gasteiger partial charge < -0.3 is 18.9 Å². The molecule has 3 rings (SSSR count). The van der Waals surface area contributed by atoms with Crippen molar-refractivity contribution in [3.63, 3.8) is 0 Å². The molecule has 148 valence electrons. The second-order valence-corrected chi connectivity index (χ2v) is 6.70. The molecular weight excluding hydrogens is 360 g/mol. The number of carbonyl (C=O) groups excluding carboxylic acids is 1. The summed E-state index contributed by atoms with van der Waals surface area (Å²) < 4.78 is 16.3. The van der Waals surface area contributed by atoms with E-state index in [1.165, 1.54) is 0 Å². The van der Waals surface area contributed by atoms with Crippen molar-refractivity contribution < 1.29 is 18.8 Å². The Balaban J connectivity index is 1.64. The number of hydrogen-bond donors (Lipinski definition) is 1. The van der Waals surface area contributed by atoms with Crippen LogP contribution in [-0.2, 0) is 13.2 Å². The predicted molar refractivity (Wildman–Crippen MR) is 102 cm³/mol. The molecule has 2 aromatic heterocycles. The fourth-order valence-corrected chi connectivity index (χ4v) is 2.84. The maximum Gasteiger partial charge on any atom is 0.276 e. The Hall–Kier alpha value is -3.29. The fraction of sp³-hybridized carbons (Fsp3) is 0.350. The van der Waals surface area contributed by atoms with Gasteiger partial charge in [-0.15, -0.1) is 0 Å². The molecule has 8 nitrogen and oxygen atoms in total. The molecule has 28 heavy (non-hydrogen) atoms. The second kappa shape index (κ2) is 8.16. The van der Waals surface area contributed by atoms with E-state index in [9.17, 15) is 4.79 Å². The number of hydrogen-bond acceptors (Lipinski definition) is 6. The predicted octanol–water partition coefficient (Wildman–Crippen LogP) is 3.18. The van der Waals surface area contributed by atoms with Crippen LogP contribution in [0.4, 0.5) is 0 Å². The van der Waals surface area contributed by atoms with Gasteiger partial charge in [-0.05, 0) is 38.5 Å². The summed E-state index contributed by atoms with van der Waals surface area (Å²) in [6, 6.07) is 7.25. The number of rotatable bonds is 7. The van der Waals surface area contributed by atoms with Gasteiger partial charge in [-0.2, -0.15) is 5.10 Å². The Morgan fingerprint density at radius 2 is 2.00 bits per heavy atom. The number of aromatic amines is 1. The Morgan fingerprint density at radius 3 is 2.68 bits per heavy atom. The summed E-state index contributed by atoms with van der Waals surface area (Å²) in [7, 11) is 3.31. The molecule has 0 bridgehead atoms. The molecular formula is C20H24N4O4. The highest BCUT2D eigenvalue weighted by atomic mass is 16.5. The van der Waals surface area contributed by atoms with Gasteiger partial charge in [-0.3, -0.25) is 9.89 Å². The van der Waals surface area contributed by atoms with Crippen molar-refractivity contribution >= 4 is 5.91 Å². The summed E-state index contributed by atoms with van der Waals surface area (Å²) in [5.74, 6) is 1.46. The minimum absolute atomic E-state index is 0.142. The van der Waals surface area contributed by atoms with Crippen molar-refractivity contribution in [3.05, 3.63) is 58.2 Å². The van der Waals surface area contributed by atoms with Crippen LogP contribution in [0.25, 0.3) is 0 Å². The van der Waals surface area contributed by atoms with Crippen LogP contribution in [0.15, 0.2) is 28.8 Å². The third-order valence-electron chi connectivity index (χ3n) is 4.49. The van der Waals surface area contributed by atoms with Crippen LogP contribution < -0.4 is 9.47 Å². The molecule has 0 fully saturated rings. The van der Waals surface area contributed by atoms with Gasteiger partial charge in [0.1, 0.15) is 6.61 Å². The number of aryl methyl sites for hydroxylation is 3. The summed E-state index contributed by atoms with van der Waals surface area (Å²) in [5.41, 5.74) is 4.12. The number of methoxy groups -OCH3 is 1. The summed E-state index contributed by atoms with van der Waals surface area (Å²) in [6.45, 7) is 6.39. The first kappa shape index (κ1) is 19.5. The van der Waals surface area contributed by atoms with Crippen LogP contribution in [0, 0.1) is 20.8 Å². The van der Waals surface area contributed by atoms with E-state index in [0.717, 1.165) is 22.5 Å². The third kappa shape index (κ3) is 4.16. The number of nitrogens with one attached hydrogen (secondary N) is 1. The summed E-state index contributed by atoms with van der Waals surface area (Å²) in [6.07, 6.45) is 0. The number of benzene rings is 1. The zero-order valence-electron chi connectivity index (χ0n) is 16.7. The van der Waals surface area contributed by atoms with Crippen LogP contribution in [0.5, 0.6) is 11.5 Å². The molecule has 1 amide bonds. The Labute approximate surface area is 163 Å². The van der Waals surface area contributed by atoms with Gasteiger partial charge in [-0.1, -0.05) is 11.2 Å². The van der Waals surface area contributed by atoms with E-state index in [1.54, 1.807) is 25.1 Å². The van der Waals surface area contributed by atoms with E-state index in [1.807, 2.05) is 39.0 Å². The minimum atomic E-state index is -0.233. The van der Waals surface area contributed by atoms with Crippen LogP contribution in [0.1, 0.15) is 38.8 Å². The van der Waals surface area contributed by atoms with Crippen molar-refractivity contribution in [1.82, 2.24) is 20.3 Å². The SMILES string of the molecule is COc1cc(C)ccc1OCc1cc(C(=O)N(C)Cc2c(C)n[nH]c2C)no1. The number of amides is 1. The molecule has 0 atom stereocenters. The second-order valence-electron chi connectivity index (χ2n) is 6.70. The monoisotopic (exact) mass is 384 g/mol. The zero-order chi connectivity index (χ0) is 20.3. The first-order valence-corrected chi connectivity index (χ1v) is 8.88. The minimum Gasteiger partial charge on any atom is -0.493 e. The lowest BCUT2D eigenvalue weighted by Crippen LogP contribution is -2.26. The van der Waals surface area contributed by atoms with Gasteiger partial charge in [0, 0.05) is 30.9 Å². The highest BCUT2D eigenvalue weighted by Gasteiger charge is 2.19. The van der Waals surface area contributed by atoms with Crippen molar-refractivity contribution in [2.24, 2.45) is 0 Å². The van der Waals surface area contributed by atoms with Crippen LogP contribution in [-0.4, -0.2) is 40.3 Å². The number of H-pyrrole nitrogens is 1. The Kier molecular flexibility index (Phi) is 5.67. The van der Waals surface area contributed by atoms with Crippen molar-refractivity contribution in [1.29, 1.82) is 0 Å².